The van der Waals surface area contributed by atoms with Gasteiger partial charge in [0.1, 0.15) is 0 Å². The molecule has 1 saturated heterocycles. The Morgan fingerprint density at radius 2 is 2.11 bits per heavy atom. The van der Waals surface area contributed by atoms with Crippen molar-refractivity contribution in [2.24, 2.45) is 0 Å². The molecule has 0 bridgehead atoms. The van der Waals surface area contributed by atoms with Crippen LogP contribution in [-0.2, 0) is 0 Å². The molecule has 0 atom stereocenters. The smallest absolute Gasteiger partial charge is 0.253 e. The van der Waals surface area contributed by atoms with E-state index in [0.29, 0.717) is 0 Å². The number of nitrogens with one attached hydrogen (secondary N) is 1. The average Bonchev–Trinajstić information content (AvgIpc) is 2.94. The van der Waals surface area contributed by atoms with Crippen molar-refractivity contribution in [1.82, 2.24) is 20.0 Å². The number of carbonyl (C=O) groups excluding carboxylic acids is 1. The predicted octanol–water partition coefficient (Wildman–Crippen LogP) is 1.34. The van der Waals surface area contributed by atoms with E-state index in [4.69, 9.17) is 0 Å². The number of carbonyl (C=O) groups is 1. The SMILES string of the molecule is CCN1CCN(C(=O)c2ccc3[nH]ncc3c2)CC1. The third-order valence-electron chi connectivity index (χ3n) is 3.79. The van der Waals surface area contributed by atoms with Crippen LogP contribution in [0.5, 0.6) is 0 Å². The van der Waals surface area contributed by atoms with Crippen LogP contribution in [0, 0.1) is 0 Å². The zero-order valence-corrected chi connectivity index (χ0v) is 11.1. The molecule has 1 aliphatic rings. The van der Waals surface area contributed by atoms with Crippen LogP contribution in [0.2, 0.25) is 0 Å². The fourth-order valence-electron chi connectivity index (χ4n) is 2.53. The summed E-state index contributed by atoms with van der Waals surface area (Å²) in [6, 6.07) is 5.69. The number of hydrogen-bond donors (Lipinski definition) is 1. The van der Waals surface area contributed by atoms with Crippen LogP contribution in [0.25, 0.3) is 10.9 Å². The number of rotatable bonds is 2. The van der Waals surface area contributed by atoms with E-state index in [1.54, 1.807) is 6.20 Å². The summed E-state index contributed by atoms with van der Waals surface area (Å²) in [5, 5.41) is 7.86. The van der Waals surface area contributed by atoms with Gasteiger partial charge in [0.2, 0.25) is 0 Å². The van der Waals surface area contributed by atoms with E-state index in [1.165, 1.54) is 0 Å². The van der Waals surface area contributed by atoms with Crippen LogP contribution in [-0.4, -0.2) is 58.6 Å². The number of H-pyrrole nitrogens is 1. The van der Waals surface area contributed by atoms with Gasteiger partial charge >= 0.3 is 0 Å². The van der Waals surface area contributed by atoms with Crippen LogP contribution in [0.1, 0.15) is 17.3 Å². The maximum absolute atomic E-state index is 12.4. The summed E-state index contributed by atoms with van der Waals surface area (Å²) in [6.45, 7) is 6.78. The summed E-state index contributed by atoms with van der Waals surface area (Å²) in [5.74, 6) is 0.124. The van der Waals surface area contributed by atoms with Crippen molar-refractivity contribution in [1.29, 1.82) is 0 Å². The second-order valence-electron chi connectivity index (χ2n) is 4.90. The molecule has 0 aliphatic carbocycles. The third-order valence-corrected chi connectivity index (χ3v) is 3.79. The topological polar surface area (TPSA) is 52.2 Å². The number of hydrogen-bond acceptors (Lipinski definition) is 3. The third kappa shape index (κ3) is 2.33. The molecule has 1 amide bonds. The van der Waals surface area contributed by atoms with E-state index < -0.39 is 0 Å². The second-order valence-corrected chi connectivity index (χ2v) is 4.90. The highest BCUT2D eigenvalue weighted by molar-refractivity contribution is 5.97. The highest BCUT2D eigenvalue weighted by Crippen LogP contribution is 2.15. The zero-order valence-electron chi connectivity index (χ0n) is 11.1. The molecule has 1 aliphatic heterocycles. The molecule has 0 saturated carbocycles. The first-order valence-electron chi connectivity index (χ1n) is 6.72. The molecule has 1 fully saturated rings. The summed E-state index contributed by atoms with van der Waals surface area (Å²) in [4.78, 5) is 16.7. The molecule has 3 rings (SSSR count). The van der Waals surface area contributed by atoms with Gasteiger partial charge in [-0.1, -0.05) is 6.92 Å². The second kappa shape index (κ2) is 5.01. The minimum absolute atomic E-state index is 0.124. The van der Waals surface area contributed by atoms with Gasteiger partial charge in [-0.3, -0.25) is 9.89 Å². The fourth-order valence-corrected chi connectivity index (χ4v) is 2.53. The number of benzene rings is 1. The van der Waals surface area contributed by atoms with E-state index in [0.717, 1.165) is 49.2 Å². The Kier molecular flexibility index (Phi) is 3.21. The normalized spacial score (nSPS) is 17.0. The van der Waals surface area contributed by atoms with Crippen LogP contribution in [0.3, 0.4) is 0 Å². The lowest BCUT2D eigenvalue weighted by molar-refractivity contribution is 0.0643. The lowest BCUT2D eigenvalue weighted by atomic mass is 10.1. The average molecular weight is 258 g/mol. The van der Waals surface area contributed by atoms with Gasteiger partial charge in [-0.2, -0.15) is 5.10 Å². The van der Waals surface area contributed by atoms with Gasteiger partial charge < -0.3 is 9.80 Å². The van der Waals surface area contributed by atoms with Gasteiger partial charge in [0, 0.05) is 37.1 Å². The van der Waals surface area contributed by atoms with Crippen molar-refractivity contribution >= 4 is 16.8 Å². The Bertz CT molecular complexity index is 584. The van der Waals surface area contributed by atoms with Crippen LogP contribution >= 0.6 is 0 Å². The van der Waals surface area contributed by atoms with Gasteiger partial charge in [0.15, 0.2) is 0 Å². The molecule has 2 aromatic rings. The molecular formula is C14H18N4O. The largest absolute Gasteiger partial charge is 0.336 e. The number of aromatic amines is 1. The molecule has 19 heavy (non-hydrogen) atoms. The quantitative estimate of drug-likeness (QED) is 0.884. The number of fused-ring (bicyclic) bond motifs is 1. The highest BCUT2D eigenvalue weighted by atomic mass is 16.2. The van der Waals surface area contributed by atoms with Crippen LogP contribution in [0.4, 0.5) is 0 Å². The van der Waals surface area contributed by atoms with Crippen LogP contribution < -0.4 is 0 Å². The fraction of sp³-hybridized carbons (Fsp3) is 0.429. The molecule has 1 aromatic carbocycles. The minimum Gasteiger partial charge on any atom is -0.336 e. The Hall–Kier alpha value is -1.88. The van der Waals surface area contributed by atoms with E-state index >= 15 is 0 Å². The molecule has 0 radical (unpaired) electrons. The van der Waals surface area contributed by atoms with E-state index in [9.17, 15) is 4.79 Å². The van der Waals surface area contributed by atoms with E-state index in [1.807, 2.05) is 23.1 Å². The van der Waals surface area contributed by atoms with E-state index in [2.05, 4.69) is 22.0 Å². The molecule has 100 valence electrons. The maximum Gasteiger partial charge on any atom is 0.253 e. The Labute approximate surface area is 112 Å². The van der Waals surface area contributed by atoms with Crippen molar-refractivity contribution < 1.29 is 4.79 Å². The van der Waals surface area contributed by atoms with Crippen molar-refractivity contribution in [3.63, 3.8) is 0 Å². The number of piperazine rings is 1. The van der Waals surface area contributed by atoms with E-state index in [-0.39, 0.29) is 5.91 Å². The van der Waals surface area contributed by atoms with Crippen LogP contribution in [0.15, 0.2) is 24.4 Å². The number of amides is 1. The maximum atomic E-state index is 12.4. The minimum atomic E-state index is 0.124. The van der Waals surface area contributed by atoms with Crippen molar-refractivity contribution in [3.05, 3.63) is 30.0 Å². The lowest BCUT2D eigenvalue weighted by Gasteiger charge is -2.34. The van der Waals surface area contributed by atoms with Gasteiger partial charge in [0.25, 0.3) is 5.91 Å². The molecule has 5 heteroatoms. The first kappa shape index (κ1) is 12.2. The summed E-state index contributed by atoms with van der Waals surface area (Å²) in [6.07, 6.45) is 1.75. The molecule has 0 unspecified atom stereocenters. The molecule has 0 spiro atoms. The van der Waals surface area contributed by atoms with Gasteiger partial charge in [-0.05, 0) is 24.7 Å². The lowest BCUT2D eigenvalue weighted by Crippen LogP contribution is -2.48. The predicted molar refractivity (Wildman–Crippen MR) is 74.1 cm³/mol. The first-order chi connectivity index (χ1) is 9.28. The Morgan fingerprint density at radius 3 is 2.84 bits per heavy atom. The summed E-state index contributed by atoms with van der Waals surface area (Å²) >= 11 is 0. The molecule has 1 N–H and O–H groups in total. The summed E-state index contributed by atoms with van der Waals surface area (Å²) < 4.78 is 0. The number of likely N-dealkylation sites (N-methyl/N-ethyl adjacent to an activating group) is 1. The zero-order chi connectivity index (χ0) is 13.2. The molecule has 5 nitrogen and oxygen atoms in total. The Morgan fingerprint density at radius 1 is 1.32 bits per heavy atom. The Balaban J connectivity index is 1.76. The monoisotopic (exact) mass is 258 g/mol. The van der Waals surface area contributed by atoms with Gasteiger partial charge in [0.05, 0.1) is 11.7 Å². The summed E-state index contributed by atoms with van der Waals surface area (Å²) in [7, 11) is 0. The molecule has 1 aromatic heterocycles. The van der Waals surface area contributed by atoms with Gasteiger partial charge in [-0.25, -0.2) is 0 Å². The van der Waals surface area contributed by atoms with Crippen molar-refractivity contribution in [2.45, 2.75) is 6.92 Å². The van der Waals surface area contributed by atoms with Gasteiger partial charge in [-0.15, -0.1) is 0 Å². The standard InChI is InChI=1S/C14H18N4O/c1-2-17-5-7-18(8-6-17)14(19)11-3-4-13-12(9-11)10-15-16-13/h3-4,9-10H,2,5-8H2,1H3,(H,15,16). The number of nitrogens with zero attached hydrogens (tertiary/aromatic N) is 3. The first-order valence-corrected chi connectivity index (χ1v) is 6.72. The molecule has 2 heterocycles. The van der Waals surface area contributed by atoms with Crippen molar-refractivity contribution in [2.75, 3.05) is 32.7 Å². The highest BCUT2D eigenvalue weighted by Gasteiger charge is 2.21. The summed E-state index contributed by atoms with van der Waals surface area (Å²) in [5.41, 5.74) is 1.71. The van der Waals surface area contributed by atoms with Crippen molar-refractivity contribution in [3.8, 4) is 0 Å². The molecular weight excluding hydrogens is 240 g/mol. The number of aromatic nitrogens is 2.